The van der Waals surface area contributed by atoms with Crippen LogP contribution in [0.15, 0.2) is 60.2 Å². The first-order valence-electron chi connectivity index (χ1n) is 7.43. The van der Waals surface area contributed by atoms with Crippen LogP contribution in [0.5, 0.6) is 5.75 Å². The highest BCUT2D eigenvalue weighted by molar-refractivity contribution is 7.80. The van der Waals surface area contributed by atoms with Crippen LogP contribution in [-0.4, -0.2) is 17.9 Å². The number of nitrogens with one attached hydrogen (secondary N) is 2. The molecule has 0 aromatic heterocycles. The van der Waals surface area contributed by atoms with Crippen LogP contribution in [0, 0.1) is 5.82 Å². The molecule has 2 aromatic rings. The van der Waals surface area contributed by atoms with E-state index in [2.05, 4.69) is 22.4 Å². The SMILES string of the molecule is C=CCNC(=S)N/N=C/c1ccc(OCc2c(F)cccc2Cl)cc1. The minimum atomic E-state index is -0.386. The van der Waals surface area contributed by atoms with Gasteiger partial charge in [0.2, 0.25) is 0 Å². The van der Waals surface area contributed by atoms with Crippen molar-refractivity contribution in [2.75, 3.05) is 6.54 Å². The second-order valence-electron chi connectivity index (χ2n) is 4.93. The summed E-state index contributed by atoms with van der Waals surface area (Å²) in [7, 11) is 0. The number of thiocarbonyl (C=S) groups is 1. The van der Waals surface area contributed by atoms with Crippen LogP contribution in [0.3, 0.4) is 0 Å². The predicted molar refractivity (Wildman–Crippen MR) is 104 cm³/mol. The van der Waals surface area contributed by atoms with E-state index in [0.29, 0.717) is 28.0 Å². The Bertz CT molecular complexity index is 745. The Labute approximate surface area is 156 Å². The lowest BCUT2D eigenvalue weighted by molar-refractivity contribution is 0.300. The molecule has 0 spiro atoms. The smallest absolute Gasteiger partial charge is 0.187 e. The Morgan fingerprint density at radius 2 is 2.04 bits per heavy atom. The van der Waals surface area contributed by atoms with Crippen molar-refractivity contribution in [3.8, 4) is 5.75 Å². The Kier molecular flexibility index (Phi) is 7.37. The summed E-state index contributed by atoms with van der Waals surface area (Å²) in [6.45, 7) is 4.21. The van der Waals surface area contributed by atoms with Gasteiger partial charge in [0.1, 0.15) is 18.2 Å². The first kappa shape index (κ1) is 18.9. The van der Waals surface area contributed by atoms with Crippen LogP contribution in [0.25, 0.3) is 0 Å². The number of rotatable bonds is 7. The molecule has 0 amide bonds. The molecule has 0 radical (unpaired) electrons. The van der Waals surface area contributed by atoms with Crippen molar-refractivity contribution >= 4 is 35.1 Å². The molecule has 0 saturated heterocycles. The van der Waals surface area contributed by atoms with E-state index in [9.17, 15) is 4.39 Å². The number of nitrogens with zero attached hydrogens (tertiary/aromatic N) is 1. The van der Waals surface area contributed by atoms with E-state index in [1.54, 1.807) is 36.6 Å². The van der Waals surface area contributed by atoms with Crippen molar-refractivity contribution in [3.05, 3.63) is 77.1 Å². The molecule has 0 aliphatic heterocycles. The van der Waals surface area contributed by atoms with E-state index in [-0.39, 0.29) is 12.4 Å². The summed E-state index contributed by atoms with van der Waals surface area (Å²) in [5, 5.41) is 7.67. The molecule has 2 rings (SSSR count). The van der Waals surface area contributed by atoms with E-state index in [1.165, 1.54) is 6.07 Å². The van der Waals surface area contributed by atoms with Gasteiger partial charge >= 0.3 is 0 Å². The lowest BCUT2D eigenvalue weighted by atomic mass is 10.2. The van der Waals surface area contributed by atoms with Crippen LogP contribution in [-0.2, 0) is 6.61 Å². The van der Waals surface area contributed by atoms with Crippen molar-refractivity contribution < 1.29 is 9.13 Å². The highest BCUT2D eigenvalue weighted by Gasteiger charge is 2.07. The van der Waals surface area contributed by atoms with Crippen LogP contribution in [0.4, 0.5) is 4.39 Å². The maximum absolute atomic E-state index is 13.7. The number of hydrazone groups is 1. The average molecular weight is 378 g/mol. The lowest BCUT2D eigenvalue weighted by Gasteiger charge is -2.09. The molecule has 0 aliphatic carbocycles. The Balaban J connectivity index is 1.87. The largest absolute Gasteiger partial charge is 0.489 e. The van der Waals surface area contributed by atoms with Crippen LogP contribution >= 0.6 is 23.8 Å². The molecule has 25 heavy (non-hydrogen) atoms. The maximum Gasteiger partial charge on any atom is 0.187 e. The topological polar surface area (TPSA) is 45.7 Å². The molecule has 0 atom stereocenters. The molecule has 0 saturated carbocycles. The number of halogens is 2. The minimum Gasteiger partial charge on any atom is -0.489 e. The third-order valence-corrected chi connectivity index (χ3v) is 3.70. The van der Waals surface area contributed by atoms with Crippen molar-refractivity contribution in [2.24, 2.45) is 5.10 Å². The molecule has 0 fully saturated rings. The first-order valence-corrected chi connectivity index (χ1v) is 8.22. The summed E-state index contributed by atoms with van der Waals surface area (Å²) in [5.74, 6) is 0.218. The molecule has 0 aliphatic rings. The molecule has 2 N–H and O–H groups in total. The zero-order valence-electron chi connectivity index (χ0n) is 13.3. The zero-order chi connectivity index (χ0) is 18.1. The molecular formula is C18H17ClFN3OS. The van der Waals surface area contributed by atoms with Crippen molar-refractivity contribution in [1.29, 1.82) is 0 Å². The van der Waals surface area contributed by atoms with Gasteiger partial charge in [0, 0.05) is 12.1 Å². The Morgan fingerprint density at radius 1 is 1.28 bits per heavy atom. The Morgan fingerprint density at radius 3 is 2.72 bits per heavy atom. The normalized spacial score (nSPS) is 10.5. The van der Waals surface area contributed by atoms with Gasteiger partial charge in [-0.1, -0.05) is 23.7 Å². The van der Waals surface area contributed by atoms with E-state index >= 15 is 0 Å². The maximum atomic E-state index is 13.7. The van der Waals surface area contributed by atoms with Crippen LogP contribution < -0.4 is 15.5 Å². The van der Waals surface area contributed by atoms with Gasteiger partial charge in [-0.3, -0.25) is 5.43 Å². The highest BCUT2D eigenvalue weighted by atomic mass is 35.5. The van der Waals surface area contributed by atoms with Crippen molar-refractivity contribution in [1.82, 2.24) is 10.7 Å². The first-order chi connectivity index (χ1) is 12.1. The third kappa shape index (κ3) is 6.17. The summed E-state index contributed by atoms with van der Waals surface area (Å²) >= 11 is 11.0. The average Bonchev–Trinajstić information content (AvgIpc) is 2.61. The zero-order valence-corrected chi connectivity index (χ0v) is 14.9. The summed E-state index contributed by atoms with van der Waals surface area (Å²) < 4.78 is 19.3. The summed E-state index contributed by atoms with van der Waals surface area (Å²) in [6, 6.07) is 11.7. The third-order valence-electron chi connectivity index (χ3n) is 3.11. The monoisotopic (exact) mass is 377 g/mol. The quantitative estimate of drug-likeness (QED) is 0.331. The van der Waals surface area contributed by atoms with Crippen molar-refractivity contribution in [2.45, 2.75) is 6.61 Å². The van der Waals surface area contributed by atoms with E-state index < -0.39 is 0 Å². The standard InChI is InChI=1S/C18H17ClFN3OS/c1-2-10-21-18(25)23-22-11-13-6-8-14(9-7-13)24-12-15-16(19)4-3-5-17(15)20/h2-9,11H,1,10,12H2,(H2,21,23,25)/b22-11+. The number of hydrogen-bond donors (Lipinski definition) is 2. The van der Waals surface area contributed by atoms with Gasteiger partial charge in [0.25, 0.3) is 0 Å². The summed E-state index contributed by atoms with van der Waals surface area (Å²) in [6.07, 6.45) is 3.32. The predicted octanol–water partition coefficient (Wildman–Crippen LogP) is 4.04. The van der Waals surface area contributed by atoms with Gasteiger partial charge in [-0.25, -0.2) is 4.39 Å². The summed E-state index contributed by atoms with van der Waals surface area (Å²) in [4.78, 5) is 0. The molecule has 4 nitrogen and oxygen atoms in total. The fourth-order valence-corrected chi connectivity index (χ4v) is 2.20. The highest BCUT2D eigenvalue weighted by Crippen LogP contribution is 2.21. The van der Waals surface area contributed by atoms with Gasteiger partial charge in [0.05, 0.1) is 11.2 Å². The van der Waals surface area contributed by atoms with Gasteiger partial charge in [-0.15, -0.1) is 6.58 Å². The molecular weight excluding hydrogens is 361 g/mol. The molecule has 0 unspecified atom stereocenters. The molecule has 2 aromatic carbocycles. The number of ether oxygens (including phenoxy) is 1. The van der Waals surface area contributed by atoms with Gasteiger partial charge in [-0.05, 0) is 54.2 Å². The number of hydrogen-bond acceptors (Lipinski definition) is 3. The van der Waals surface area contributed by atoms with Gasteiger partial charge < -0.3 is 10.1 Å². The van der Waals surface area contributed by atoms with Crippen LogP contribution in [0.1, 0.15) is 11.1 Å². The van der Waals surface area contributed by atoms with Gasteiger partial charge in [0.15, 0.2) is 5.11 Å². The molecule has 130 valence electrons. The molecule has 0 bridgehead atoms. The minimum absolute atomic E-state index is 0.0593. The lowest BCUT2D eigenvalue weighted by Crippen LogP contribution is -2.31. The van der Waals surface area contributed by atoms with Gasteiger partial charge in [-0.2, -0.15) is 5.10 Å². The fraction of sp³-hybridized carbons (Fsp3) is 0.111. The molecule has 0 heterocycles. The Hall–Kier alpha value is -2.44. The fourth-order valence-electron chi connectivity index (χ4n) is 1.85. The summed E-state index contributed by atoms with van der Waals surface area (Å²) in [5.41, 5.74) is 3.88. The second-order valence-corrected chi connectivity index (χ2v) is 5.74. The van der Waals surface area contributed by atoms with E-state index in [1.807, 2.05) is 12.1 Å². The van der Waals surface area contributed by atoms with E-state index in [4.69, 9.17) is 28.6 Å². The second kappa shape index (κ2) is 9.76. The van der Waals surface area contributed by atoms with Crippen molar-refractivity contribution in [3.63, 3.8) is 0 Å². The van der Waals surface area contributed by atoms with E-state index in [0.717, 1.165) is 5.56 Å². The molecule has 7 heteroatoms. The number of benzene rings is 2. The van der Waals surface area contributed by atoms with Crippen LogP contribution in [0.2, 0.25) is 5.02 Å².